The molecule has 0 spiro atoms. The van der Waals surface area contributed by atoms with E-state index in [0.717, 1.165) is 33.4 Å². The minimum absolute atomic E-state index is 0.0272. The molecular weight excluding hydrogens is 402 g/mol. The van der Waals surface area contributed by atoms with Gasteiger partial charge in [-0.15, -0.1) is 0 Å². The average molecular weight is 426 g/mol. The molecule has 0 unspecified atom stereocenters. The van der Waals surface area contributed by atoms with Crippen molar-refractivity contribution < 1.29 is 14.3 Å². The van der Waals surface area contributed by atoms with Crippen molar-refractivity contribution in [2.24, 2.45) is 0 Å². The van der Waals surface area contributed by atoms with Gasteiger partial charge in [0.1, 0.15) is 5.75 Å². The highest BCUT2D eigenvalue weighted by molar-refractivity contribution is 6.35. The van der Waals surface area contributed by atoms with E-state index >= 15 is 0 Å². The fourth-order valence-corrected chi connectivity index (χ4v) is 3.83. The lowest BCUT2D eigenvalue weighted by Gasteiger charge is -2.10. The smallest absolute Gasteiger partial charge is 0.258 e. The summed E-state index contributed by atoms with van der Waals surface area (Å²) in [5.41, 5.74) is 2.11. The third-order valence-electron chi connectivity index (χ3n) is 5.10. The fraction of sp³-hybridized carbons (Fsp3) is 0.261. The molecule has 0 atom stereocenters. The van der Waals surface area contributed by atoms with Gasteiger partial charge in [0.2, 0.25) is 0 Å². The first-order chi connectivity index (χ1) is 14.7. The minimum atomic E-state index is -0.152. The van der Waals surface area contributed by atoms with Gasteiger partial charge in [-0.2, -0.15) is 0 Å². The van der Waals surface area contributed by atoms with E-state index in [-0.39, 0.29) is 12.5 Å². The Balaban J connectivity index is 1.31. The van der Waals surface area contributed by atoms with Crippen molar-refractivity contribution in [3.05, 3.63) is 65.9 Å². The van der Waals surface area contributed by atoms with Crippen molar-refractivity contribution >= 4 is 39.3 Å². The molecule has 0 bridgehead atoms. The molecule has 1 N–H and O–H groups in total. The van der Waals surface area contributed by atoms with E-state index in [0.29, 0.717) is 25.4 Å². The molecule has 0 aliphatic carbocycles. The Kier molecular flexibility index (Phi) is 6.26. The lowest BCUT2D eigenvalue weighted by atomic mass is 10.2. The lowest BCUT2D eigenvalue weighted by Crippen LogP contribution is -2.31. The molecule has 2 aromatic carbocycles. The first kappa shape index (κ1) is 20.3. The lowest BCUT2D eigenvalue weighted by molar-refractivity contribution is -0.123. The quantitative estimate of drug-likeness (QED) is 0.439. The van der Waals surface area contributed by atoms with Crippen LogP contribution in [0, 0.1) is 0 Å². The summed E-state index contributed by atoms with van der Waals surface area (Å²) in [6.07, 6.45) is 3.98. The maximum absolute atomic E-state index is 12.3. The number of aromatic nitrogens is 2. The first-order valence-electron chi connectivity index (χ1n) is 9.87. The molecule has 0 aliphatic heterocycles. The molecule has 6 nitrogen and oxygen atoms in total. The van der Waals surface area contributed by atoms with Gasteiger partial charge in [0, 0.05) is 60.4 Å². The van der Waals surface area contributed by atoms with Gasteiger partial charge in [-0.1, -0.05) is 23.7 Å². The molecule has 4 rings (SSSR count). The highest BCUT2D eigenvalue weighted by Gasteiger charge is 2.09. The van der Waals surface area contributed by atoms with Crippen LogP contribution in [0.25, 0.3) is 21.8 Å². The first-order valence-corrected chi connectivity index (χ1v) is 10.2. The van der Waals surface area contributed by atoms with Gasteiger partial charge in [-0.05, 0) is 36.4 Å². The standard InChI is InChI=1S/C23H24ClN3O3/c1-29-15-14-27-12-9-18-21(27)6-3-7-22(18)30-16-23(28)25-10-13-26-11-8-17-19(24)4-2-5-20(17)26/h2-9,11-12H,10,13-16H2,1H3,(H,25,28). The number of carbonyl (C=O) groups excluding carboxylic acids is 1. The summed E-state index contributed by atoms with van der Waals surface area (Å²) in [7, 11) is 1.69. The molecule has 0 radical (unpaired) electrons. The maximum atomic E-state index is 12.3. The maximum Gasteiger partial charge on any atom is 0.258 e. The Morgan fingerprint density at radius 2 is 1.67 bits per heavy atom. The number of methoxy groups -OCH3 is 1. The SMILES string of the molecule is COCCn1ccc2c(OCC(=O)NCCn3ccc4c(Cl)cccc43)cccc21. The normalized spacial score (nSPS) is 11.3. The molecule has 1 amide bonds. The number of benzene rings is 2. The van der Waals surface area contributed by atoms with Crippen LogP contribution in [-0.4, -0.2) is 41.9 Å². The second kappa shape index (κ2) is 9.24. The van der Waals surface area contributed by atoms with E-state index in [1.165, 1.54) is 0 Å². The van der Waals surface area contributed by atoms with Gasteiger partial charge in [0.15, 0.2) is 6.61 Å². The number of nitrogens with one attached hydrogen (secondary N) is 1. The van der Waals surface area contributed by atoms with E-state index in [9.17, 15) is 4.79 Å². The van der Waals surface area contributed by atoms with E-state index in [1.807, 2.05) is 60.9 Å². The van der Waals surface area contributed by atoms with Crippen molar-refractivity contribution in [2.75, 3.05) is 26.9 Å². The summed E-state index contributed by atoms with van der Waals surface area (Å²) in [5, 5.41) is 5.64. The topological polar surface area (TPSA) is 57.4 Å². The number of nitrogens with zero attached hydrogens (tertiary/aromatic N) is 2. The van der Waals surface area contributed by atoms with Gasteiger partial charge >= 0.3 is 0 Å². The predicted octanol–water partition coefficient (Wildman–Crippen LogP) is 4.09. The monoisotopic (exact) mass is 425 g/mol. The summed E-state index contributed by atoms with van der Waals surface area (Å²) in [6.45, 7) is 2.55. The molecule has 30 heavy (non-hydrogen) atoms. The minimum Gasteiger partial charge on any atom is -0.483 e. The molecule has 7 heteroatoms. The zero-order valence-electron chi connectivity index (χ0n) is 16.8. The second-order valence-corrected chi connectivity index (χ2v) is 7.42. The van der Waals surface area contributed by atoms with Crippen LogP contribution in [0.4, 0.5) is 0 Å². The van der Waals surface area contributed by atoms with Gasteiger partial charge < -0.3 is 23.9 Å². The summed E-state index contributed by atoms with van der Waals surface area (Å²) in [4.78, 5) is 12.3. The predicted molar refractivity (Wildman–Crippen MR) is 119 cm³/mol. The average Bonchev–Trinajstić information content (AvgIpc) is 3.36. The van der Waals surface area contributed by atoms with Crippen LogP contribution < -0.4 is 10.1 Å². The summed E-state index contributed by atoms with van der Waals surface area (Å²) < 4.78 is 15.1. The molecule has 4 aromatic rings. The number of rotatable bonds is 9. The Bertz CT molecular complexity index is 1170. The van der Waals surface area contributed by atoms with Crippen LogP contribution in [0.2, 0.25) is 5.02 Å². The molecule has 156 valence electrons. The van der Waals surface area contributed by atoms with E-state index < -0.39 is 0 Å². The van der Waals surface area contributed by atoms with Gasteiger partial charge in [0.05, 0.1) is 12.1 Å². The number of hydrogen-bond acceptors (Lipinski definition) is 3. The van der Waals surface area contributed by atoms with Crippen LogP contribution in [-0.2, 0) is 22.6 Å². The molecule has 0 aliphatic rings. The Hall–Kier alpha value is -2.96. The van der Waals surface area contributed by atoms with E-state index in [1.54, 1.807) is 7.11 Å². The van der Waals surface area contributed by atoms with Crippen LogP contribution in [0.1, 0.15) is 0 Å². The number of amides is 1. The largest absolute Gasteiger partial charge is 0.483 e. The number of fused-ring (bicyclic) bond motifs is 2. The fourth-order valence-electron chi connectivity index (χ4n) is 3.60. The zero-order valence-corrected chi connectivity index (χ0v) is 17.6. The van der Waals surface area contributed by atoms with Gasteiger partial charge in [-0.25, -0.2) is 0 Å². The zero-order chi connectivity index (χ0) is 20.9. The van der Waals surface area contributed by atoms with Crippen LogP contribution >= 0.6 is 11.6 Å². The van der Waals surface area contributed by atoms with E-state index in [4.69, 9.17) is 21.1 Å². The van der Waals surface area contributed by atoms with Crippen LogP contribution in [0.15, 0.2) is 60.9 Å². The van der Waals surface area contributed by atoms with E-state index in [2.05, 4.69) is 14.5 Å². The number of carbonyl (C=O) groups is 1. The third kappa shape index (κ3) is 4.30. The number of ether oxygens (including phenoxy) is 2. The molecule has 0 fully saturated rings. The second-order valence-electron chi connectivity index (χ2n) is 7.01. The highest BCUT2D eigenvalue weighted by atomic mass is 35.5. The highest BCUT2D eigenvalue weighted by Crippen LogP contribution is 2.27. The third-order valence-corrected chi connectivity index (χ3v) is 5.43. The number of halogens is 1. The Labute approximate surface area is 179 Å². The molecule has 0 saturated heterocycles. The molecule has 0 saturated carbocycles. The van der Waals surface area contributed by atoms with Crippen LogP contribution in [0.5, 0.6) is 5.75 Å². The Morgan fingerprint density at radius 1 is 0.967 bits per heavy atom. The Morgan fingerprint density at radius 3 is 2.47 bits per heavy atom. The summed E-state index contributed by atoms with van der Waals surface area (Å²) in [6, 6.07) is 15.7. The van der Waals surface area contributed by atoms with Crippen molar-refractivity contribution in [1.82, 2.24) is 14.5 Å². The van der Waals surface area contributed by atoms with Crippen LogP contribution in [0.3, 0.4) is 0 Å². The van der Waals surface area contributed by atoms with Crippen molar-refractivity contribution in [3.8, 4) is 5.75 Å². The summed E-state index contributed by atoms with van der Waals surface area (Å²) >= 11 is 6.21. The van der Waals surface area contributed by atoms with Crippen molar-refractivity contribution in [1.29, 1.82) is 0 Å². The van der Waals surface area contributed by atoms with Gasteiger partial charge in [0.25, 0.3) is 5.91 Å². The number of hydrogen-bond donors (Lipinski definition) is 1. The van der Waals surface area contributed by atoms with Gasteiger partial charge in [-0.3, -0.25) is 4.79 Å². The summed E-state index contributed by atoms with van der Waals surface area (Å²) in [5.74, 6) is 0.546. The molecule has 2 heterocycles. The van der Waals surface area contributed by atoms with Crippen molar-refractivity contribution in [2.45, 2.75) is 13.1 Å². The molecular formula is C23H24ClN3O3. The van der Waals surface area contributed by atoms with Crippen molar-refractivity contribution in [3.63, 3.8) is 0 Å². The molecule has 2 aromatic heterocycles.